The Morgan fingerprint density at radius 1 is 1.25 bits per heavy atom. The van der Waals surface area contributed by atoms with Crippen LogP contribution in [-0.2, 0) is 4.74 Å². The third-order valence-electron chi connectivity index (χ3n) is 5.94. The van der Waals surface area contributed by atoms with Gasteiger partial charge in [0.1, 0.15) is 0 Å². The van der Waals surface area contributed by atoms with Crippen molar-refractivity contribution in [2.75, 3.05) is 26.7 Å². The molecule has 3 heteroatoms. The summed E-state index contributed by atoms with van der Waals surface area (Å²) in [6.45, 7) is 8.12. The number of hydrogen-bond donors (Lipinski definition) is 1. The summed E-state index contributed by atoms with van der Waals surface area (Å²) in [6, 6.07) is 0.786. The molecule has 0 amide bonds. The van der Waals surface area contributed by atoms with Crippen LogP contribution in [-0.4, -0.2) is 48.8 Å². The van der Waals surface area contributed by atoms with Gasteiger partial charge in [-0.05, 0) is 51.9 Å². The summed E-state index contributed by atoms with van der Waals surface area (Å²) in [4.78, 5) is 2.81. The van der Waals surface area contributed by atoms with Crippen LogP contribution in [0.1, 0.15) is 58.8 Å². The normalized spacial score (nSPS) is 31.1. The average Bonchev–Trinajstić information content (AvgIpc) is 3.18. The number of nitrogens with zero attached hydrogens (tertiary/aromatic N) is 1. The molecule has 20 heavy (non-hydrogen) atoms. The number of methoxy groups -OCH3 is 1. The summed E-state index contributed by atoms with van der Waals surface area (Å²) in [5.74, 6) is 0.965. The number of piperazine rings is 1. The Labute approximate surface area is 124 Å². The minimum Gasteiger partial charge on any atom is -0.379 e. The quantitative estimate of drug-likeness (QED) is 0.838. The van der Waals surface area contributed by atoms with Gasteiger partial charge in [-0.15, -0.1) is 0 Å². The van der Waals surface area contributed by atoms with Crippen molar-refractivity contribution >= 4 is 0 Å². The molecule has 3 rings (SSSR count). The Hall–Kier alpha value is -0.120. The van der Waals surface area contributed by atoms with Crippen LogP contribution in [0.4, 0.5) is 0 Å². The molecule has 0 radical (unpaired) electrons. The van der Waals surface area contributed by atoms with E-state index in [2.05, 4.69) is 24.1 Å². The topological polar surface area (TPSA) is 24.5 Å². The van der Waals surface area contributed by atoms with Gasteiger partial charge in [-0.1, -0.05) is 12.8 Å². The molecule has 0 bridgehead atoms. The third kappa shape index (κ3) is 3.20. The van der Waals surface area contributed by atoms with Crippen molar-refractivity contribution in [1.29, 1.82) is 0 Å². The zero-order valence-electron chi connectivity index (χ0n) is 13.6. The second-order valence-corrected chi connectivity index (χ2v) is 7.96. The van der Waals surface area contributed by atoms with Gasteiger partial charge in [0, 0.05) is 38.3 Å². The molecule has 2 aliphatic carbocycles. The van der Waals surface area contributed by atoms with Crippen molar-refractivity contribution in [3.05, 3.63) is 0 Å². The fourth-order valence-electron chi connectivity index (χ4n) is 4.10. The lowest BCUT2D eigenvalue weighted by atomic mass is 9.90. The first-order valence-electron chi connectivity index (χ1n) is 8.58. The highest BCUT2D eigenvalue weighted by molar-refractivity contribution is 5.04. The fourth-order valence-corrected chi connectivity index (χ4v) is 4.10. The Kier molecular flexibility index (Phi) is 4.13. The number of nitrogens with one attached hydrogen (secondary N) is 1. The van der Waals surface area contributed by atoms with Crippen LogP contribution < -0.4 is 5.32 Å². The van der Waals surface area contributed by atoms with Gasteiger partial charge in [0.2, 0.25) is 0 Å². The monoisotopic (exact) mass is 280 g/mol. The predicted molar refractivity (Wildman–Crippen MR) is 83.0 cm³/mol. The highest BCUT2D eigenvalue weighted by atomic mass is 16.5. The number of rotatable bonds is 5. The Morgan fingerprint density at radius 2 is 1.95 bits per heavy atom. The zero-order chi connectivity index (χ0) is 14.2. The smallest absolute Gasteiger partial charge is 0.0634 e. The van der Waals surface area contributed by atoms with Gasteiger partial charge in [0.15, 0.2) is 0 Å². The minimum atomic E-state index is 0.0157. The highest BCUT2D eigenvalue weighted by Crippen LogP contribution is 2.40. The standard InChI is InChI=1S/C17H32N2O/c1-16(2,20-3)10-11-19-13-17(8-4-5-9-17)18-12-15(19)14-6-7-14/h14-15,18H,4-13H2,1-3H3. The molecule has 1 spiro atoms. The minimum absolute atomic E-state index is 0.0157. The molecule has 3 nitrogen and oxygen atoms in total. The van der Waals surface area contributed by atoms with Crippen molar-refractivity contribution in [3.63, 3.8) is 0 Å². The summed E-state index contributed by atoms with van der Waals surface area (Å²) < 4.78 is 5.61. The van der Waals surface area contributed by atoms with Gasteiger partial charge < -0.3 is 10.1 Å². The van der Waals surface area contributed by atoms with E-state index in [-0.39, 0.29) is 5.60 Å². The van der Waals surface area contributed by atoms with E-state index in [4.69, 9.17) is 4.74 Å². The average molecular weight is 280 g/mol. The maximum Gasteiger partial charge on any atom is 0.0634 e. The van der Waals surface area contributed by atoms with Crippen molar-refractivity contribution in [2.24, 2.45) is 5.92 Å². The molecular weight excluding hydrogens is 248 g/mol. The molecule has 0 aromatic carbocycles. The first kappa shape index (κ1) is 14.8. The Balaban J connectivity index is 1.63. The Bertz CT molecular complexity index is 332. The molecule has 116 valence electrons. The van der Waals surface area contributed by atoms with E-state index in [0.29, 0.717) is 5.54 Å². The van der Waals surface area contributed by atoms with E-state index >= 15 is 0 Å². The first-order valence-corrected chi connectivity index (χ1v) is 8.58. The maximum atomic E-state index is 5.61. The van der Waals surface area contributed by atoms with Gasteiger partial charge >= 0.3 is 0 Å². The molecule has 1 aliphatic heterocycles. The summed E-state index contributed by atoms with van der Waals surface area (Å²) in [7, 11) is 1.84. The molecular formula is C17H32N2O. The highest BCUT2D eigenvalue weighted by Gasteiger charge is 2.45. The molecule has 0 aromatic heterocycles. The van der Waals surface area contributed by atoms with Crippen LogP contribution in [0.2, 0.25) is 0 Å². The van der Waals surface area contributed by atoms with E-state index in [1.54, 1.807) is 0 Å². The maximum absolute atomic E-state index is 5.61. The van der Waals surface area contributed by atoms with Gasteiger partial charge in [-0.25, -0.2) is 0 Å². The van der Waals surface area contributed by atoms with E-state index in [0.717, 1.165) is 18.4 Å². The van der Waals surface area contributed by atoms with Crippen LogP contribution in [0.3, 0.4) is 0 Å². The van der Waals surface area contributed by atoms with Crippen molar-refractivity contribution in [2.45, 2.75) is 76.0 Å². The van der Waals surface area contributed by atoms with Crippen LogP contribution >= 0.6 is 0 Å². The summed E-state index contributed by atoms with van der Waals surface area (Å²) in [5, 5.41) is 3.93. The van der Waals surface area contributed by atoms with Crippen LogP contribution in [0.5, 0.6) is 0 Å². The van der Waals surface area contributed by atoms with Gasteiger partial charge in [-0.2, -0.15) is 0 Å². The Morgan fingerprint density at radius 3 is 2.55 bits per heavy atom. The number of hydrogen-bond acceptors (Lipinski definition) is 3. The van der Waals surface area contributed by atoms with Crippen molar-refractivity contribution in [3.8, 4) is 0 Å². The lowest BCUT2D eigenvalue weighted by Crippen LogP contribution is -2.64. The van der Waals surface area contributed by atoms with Crippen molar-refractivity contribution in [1.82, 2.24) is 10.2 Å². The largest absolute Gasteiger partial charge is 0.379 e. The van der Waals surface area contributed by atoms with E-state index in [9.17, 15) is 0 Å². The van der Waals surface area contributed by atoms with Crippen LogP contribution in [0, 0.1) is 5.92 Å². The van der Waals surface area contributed by atoms with E-state index < -0.39 is 0 Å². The summed E-state index contributed by atoms with van der Waals surface area (Å²) >= 11 is 0. The zero-order valence-corrected chi connectivity index (χ0v) is 13.6. The fraction of sp³-hybridized carbons (Fsp3) is 1.00. The second-order valence-electron chi connectivity index (χ2n) is 7.96. The molecule has 3 fully saturated rings. The van der Waals surface area contributed by atoms with Gasteiger partial charge in [0.25, 0.3) is 0 Å². The molecule has 1 saturated heterocycles. The molecule has 2 saturated carbocycles. The van der Waals surface area contributed by atoms with Gasteiger partial charge in [0.05, 0.1) is 5.60 Å². The second kappa shape index (κ2) is 5.58. The lowest BCUT2D eigenvalue weighted by Gasteiger charge is -2.47. The predicted octanol–water partition coefficient (Wildman–Crippen LogP) is 2.80. The molecule has 0 aromatic rings. The van der Waals surface area contributed by atoms with Crippen molar-refractivity contribution < 1.29 is 4.74 Å². The summed E-state index contributed by atoms with van der Waals surface area (Å²) in [5.41, 5.74) is 0.463. The molecule has 1 atom stereocenters. The van der Waals surface area contributed by atoms with E-state index in [1.165, 1.54) is 58.2 Å². The molecule has 3 aliphatic rings. The van der Waals surface area contributed by atoms with Gasteiger partial charge in [-0.3, -0.25) is 4.90 Å². The van der Waals surface area contributed by atoms with Crippen LogP contribution in [0.15, 0.2) is 0 Å². The molecule has 1 N–H and O–H groups in total. The van der Waals surface area contributed by atoms with Crippen LogP contribution in [0.25, 0.3) is 0 Å². The SMILES string of the molecule is COC(C)(C)CCN1CC2(CCCC2)NCC1C1CC1. The van der Waals surface area contributed by atoms with E-state index in [1.807, 2.05) is 7.11 Å². The molecule has 1 heterocycles. The first-order chi connectivity index (χ1) is 9.54. The molecule has 1 unspecified atom stereocenters. The number of ether oxygens (including phenoxy) is 1. The third-order valence-corrected chi connectivity index (χ3v) is 5.94. The summed E-state index contributed by atoms with van der Waals surface area (Å²) in [6.07, 6.45) is 9.63. The lowest BCUT2D eigenvalue weighted by molar-refractivity contribution is -0.00795.